The standard InChI is InChI=1S/C5H7ClN4S2/c6-1-2-7-3-4(11)8-10-9-5(3)12/h1-2H2,(H,7,10)(H2,8,9,11,12). The first-order chi connectivity index (χ1) is 5.75. The van der Waals surface area contributed by atoms with Crippen LogP contribution < -0.4 is 5.32 Å². The fourth-order valence-corrected chi connectivity index (χ4v) is 1.27. The molecule has 1 heterocycles. The molecule has 0 amide bonds. The average Bonchev–Trinajstić information content (AvgIpc) is 2.04. The van der Waals surface area contributed by atoms with Crippen molar-refractivity contribution in [2.75, 3.05) is 17.7 Å². The minimum Gasteiger partial charge on any atom is -0.379 e. The summed E-state index contributed by atoms with van der Waals surface area (Å²) >= 11 is 13.6. The van der Waals surface area contributed by atoms with E-state index in [4.69, 9.17) is 11.6 Å². The van der Waals surface area contributed by atoms with Crippen molar-refractivity contribution in [1.82, 2.24) is 15.4 Å². The maximum Gasteiger partial charge on any atom is 0.143 e. The van der Waals surface area contributed by atoms with E-state index in [0.717, 1.165) is 0 Å². The summed E-state index contributed by atoms with van der Waals surface area (Å²) in [5.41, 5.74) is 0.664. The van der Waals surface area contributed by atoms with E-state index in [2.05, 4.69) is 46.0 Å². The third-order valence-electron chi connectivity index (χ3n) is 1.12. The van der Waals surface area contributed by atoms with Crippen LogP contribution in [0.1, 0.15) is 0 Å². The van der Waals surface area contributed by atoms with Gasteiger partial charge in [-0.25, -0.2) is 0 Å². The van der Waals surface area contributed by atoms with E-state index >= 15 is 0 Å². The number of rotatable bonds is 3. The maximum absolute atomic E-state index is 5.49. The summed E-state index contributed by atoms with van der Waals surface area (Å²) in [4.78, 5) is 0. The Morgan fingerprint density at radius 3 is 2.33 bits per heavy atom. The van der Waals surface area contributed by atoms with Gasteiger partial charge in [0.15, 0.2) is 0 Å². The van der Waals surface area contributed by atoms with Crippen LogP contribution in [-0.2, 0) is 0 Å². The Bertz CT molecular complexity index is 249. The molecule has 66 valence electrons. The zero-order valence-electron chi connectivity index (χ0n) is 6.03. The Hall–Kier alpha value is -0.200. The van der Waals surface area contributed by atoms with Crippen molar-refractivity contribution in [1.29, 1.82) is 0 Å². The summed E-state index contributed by atoms with van der Waals surface area (Å²) < 4.78 is 0. The molecule has 0 aliphatic rings. The SMILES string of the molecule is Sc1nnnc(S)c1NCCCl. The Balaban J connectivity index is 2.81. The van der Waals surface area contributed by atoms with Gasteiger partial charge in [0.1, 0.15) is 15.7 Å². The lowest BCUT2D eigenvalue weighted by molar-refractivity contribution is 0.757. The van der Waals surface area contributed by atoms with E-state index in [9.17, 15) is 0 Å². The molecule has 0 saturated carbocycles. The summed E-state index contributed by atoms with van der Waals surface area (Å²) in [5.74, 6) is 0.503. The van der Waals surface area contributed by atoms with Gasteiger partial charge in [-0.05, 0) is 5.21 Å². The lowest BCUT2D eigenvalue weighted by Crippen LogP contribution is -2.06. The molecule has 0 bridgehead atoms. The molecule has 12 heavy (non-hydrogen) atoms. The Labute approximate surface area is 85.9 Å². The number of nitrogens with zero attached hydrogens (tertiary/aromatic N) is 3. The van der Waals surface area contributed by atoms with Crippen molar-refractivity contribution >= 4 is 42.5 Å². The predicted molar refractivity (Wildman–Crippen MR) is 53.5 cm³/mol. The highest BCUT2D eigenvalue weighted by Gasteiger charge is 2.05. The van der Waals surface area contributed by atoms with Crippen LogP contribution in [0.5, 0.6) is 0 Å². The molecule has 0 saturated heterocycles. The van der Waals surface area contributed by atoms with Gasteiger partial charge < -0.3 is 5.32 Å². The highest BCUT2D eigenvalue weighted by molar-refractivity contribution is 7.81. The lowest BCUT2D eigenvalue weighted by atomic mass is 10.5. The van der Waals surface area contributed by atoms with Gasteiger partial charge in [0.2, 0.25) is 0 Å². The average molecular weight is 223 g/mol. The van der Waals surface area contributed by atoms with Gasteiger partial charge in [0.05, 0.1) is 0 Å². The zero-order chi connectivity index (χ0) is 8.97. The summed E-state index contributed by atoms with van der Waals surface area (Å²) in [6.07, 6.45) is 0. The second-order valence-corrected chi connectivity index (χ2v) is 3.15. The van der Waals surface area contributed by atoms with Crippen molar-refractivity contribution in [3.8, 4) is 0 Å². The predicted octanol–water partition coefficient (Wildman–Crippen LogP) is 1.10. The molecular weight excluding hydrogens is 216 g/mol. The number of thiol groups is 2. The molecule has 1 rings (SSSR count). The van der Waals surface area contributed by atoms with E-state index in [-0.39, 0.29) is 0 Å². The molecule has 1 aromatic rings. The molecule has 0 spiro atoms. The van der Waals surface area contributed by atoms with Gasteiger partial charge in [-0.2, -0.15) is 0 Å². The molecule has 4 nitrogen and oxygen atoms in total. The summed E-state index contributed by atoms with van der Waals surface area (Å²) in [6, 6.07) is 0. The summed E-state index contributed by atoms with van der Waals surface area (Å²) in [7, 11) is 0. The van der Waals surface area contributed by atoms with Crippen molar-refractivity contribution in [3.63, 3.8) is 0 Å². The van der Waals surface area contributed by atoms with Gasteiger partial charge in [-0.3, -0.25) is 0 Å². The molecule has 0 aromatic carbocycles. The third-order valence-corrected chi connectivity index (χ3v) is 1.94. The van der Waals surface area contributed by atoms with Gasteiger partial charge in [-0.15, -0.1) is 47.1 Å². The highest BCUT2D eigenvalue weighted by Crippen LogP contribution is 2.21. The van der Waals surface area contributed by atoms with Crippen LogP contribution in [0, 0.1) is 0 Å². The van der Waals surface area contributed by atoms with Crippen LogP contribution in [0.2, 0.25) is 0 Å². The number of halogens is 1. The molecule has 0 unspecified atom stereocenters. The van der Waals surface area contributed by atoms with E-state index in [1.807, 2.05) is 0 Å². The molecule has 1 aromatic heterocycles. The maximum atomic E-state index is 5.49. The molecule has 0 atom stereocenters. The normalized spacial score (nSPS) is 9.92. The Morgan fingerprint density at radius 2 is 1.83 bits per heavy atom. The zero-order valence-corrected chi connectivity index (χ0v) is 8.57. The third kappa shape index (κ3) is 2.40. The van der Waals surface area contributed by atoms with Crippen LogP contribution >= 0.6 is 36.9 Å². The van der Waals surface area contributed by atoms with E-state index in [1.54, 1.807) is 0 Å². The first kappa shape index (κ1) is 9.88. The largest absolute Gasteiger partial charge is 0.379 e. The first-order valence-electron chi connectivity index (χ1n) is 3.17. The van der Waals surface area contributed by atoms with Crippen LogP contribution in [0.3, 0.4) is 0 Å². The summed E-state index contributed by atoms with van der Waals surface area (Å²) in [5, 5.41) is 14.6. The van der Waals surface area contributed by atoms with E-state index < -0.39 is 0 Å². The van der Waals surface area contributed by atoms with Gasteiger partial charge in [0, 0.05) is 12.4 Å². The lowest BCUT2D eigenvalue weighted by Gasteiger charge is -2.06. The smallest absolute Gasteiger partial charge is 0.143 e. The first-order valence-corrected chi connectivity index (χ1v) is 4.59. The minimum atomic E-state index is 0.472. The van der Waals surface area contributed by atoms with Crippen molar-refractivity contribution < 1.29 is 0 Å². The quantitative estimate of drug-likeness (QED) is 0.530. The number of nitrogens with one attached hydrogen (secondary N) is 1. The number of alkyl halides is 1. The fourth-order valence-electron chi connectivity index (χ4n) is 0.637. The number of hydrogen-bond donors (Lipinski definition) is 3. The van der Waals surface area contributed by atoms with E-state index in [0.29, 0.717) is 28.2 Å². The Morgan fingerprint density at radius 1 is 1.25 bits per heavy atom. The Kier molecular flexibility index (Phi) is 3.90. The molecule has 0 fully saturated rings. The number of aromatic nitrogens is 3. The van der Waals surface area contributed by atoms with E-state index in [1.165, 1.54) is 0 Å². The van der Waals surface area contributed by atoms with Crippen LogP contribution in [0.25, 0.3) is 0 Å². The van der Waals surface area contributed by atoms with Crippen molar-refractivity contribution in [3.05, 3.63) is 0 Å². The summed E-state index contributed by atoms with van der Waals surface area (Å²) in [6.45, 7) is 0.621. The molecule has 0 radical (unpaired) electrons. The molecule has 0 aliphatic carbocycles. The minimum absolute atomic E-state index is 0.472. The fraction of sp³-hybridized carbons (Fsp3) is 0.400. The van der Waals surface area contributed by atoms with Gasteiger partial charge in [0.25, 0.3) is 0 Å². The second kappa shape index (κ2) is 4.74. The van der Waals surface area contributed by atoms with Crippen molar-refractivity contribution in [2.45, 2.75) is 10.1 Å². The highest BCUT2D eigenvalue weighted by atomic mass is 35.5. The molecular formula is C5H7ClN4S2. The number of anilines is 1. The molecule has 1 N–H and O–H groups in total. The van der Waals surface area contributed by atoms with Crippen LogP contribution in [0.15, 0.2) is 10.1 Å². The van der Waals surface area contributed by atoms with Crippen LogP contribution in [-0.4, -0.2) is 27.8 Å². The van der Waals surface area contributed by atoms with Crippen molar-refractivity contribution in [2.24, 2.45) is 0 Å². The van der Waals surface area contributed by atoms with Crippen LogP contribution in [0.4, 0.5) is 5.69 Å². The topological polar surface area (TPSA) is 50.7 Å². The second-order valence-electron chi connectivity index (χ2n) is 1.93. The molecule has 7 heteroatoms. The monoisotopic (exact) mass is 222 g/mol. The molecule has 0 aliphatic heterocycles. The van der Waals surface area contributed by atoms with Gasteiger partial charge >= 0.3 is 0 Å². The number of hydrogen-bond acceptors (Lipinski definition) is 6. The van der Waals surface area contributed by atoms with Gasteiger partial charge in [-0.1, -0.05) is 0 Å².